The van der Waals surface area contributed by atoms with E-state index in [0.717, 1.165) is 13.8 Å². The van der Waals surface area contributed by atoms with E-state index in [2.05, 4.69) is 0 Å². The fraction of sp³-hybridized carbons (Fsp3) is 0.500. The van der Waals surface area contributed by atoms with Crippen LogP contribution in [-0.4, -0.2) is 11.9 Å². The van der Waals surface area contributed by atoms with E-state index in [0.29, 0.717) is 24.7 Å². The summed E-state index contributed by atoms with van der Waals surface area (Å²) in [6, 6.07) is 0. The molecule has 0 bridgehead atoms. The average Bonchev–Trinajstić information content (AvgIpc) is 1.66. The Bertz CT molecular complexity index is 92.8. The van der Waals surface area contributed by atoms with Crippen LogP contribution >= 0.6 is 0 Å². The van der Waals surface area contributed by atoms with Gasteiger partial charge in [-0.1, -0.05) is 0 Å². The minimum absolute atomic E-state index is 0. The van der Waals surface area contributed by atoms with Gasteiger partial charge in [0.2, 0.25) is 0 Å². The van der Waals surface area contributed by atoms with E-state index in [1.807, 2.05) is 0 Å². The van der Waals surface area contributed by atoms with E-state index in [4.69, 9.17) is 22.6 Å². The Balaban J connectivity index is -0.00000000726. The van der Waals surface area contributed by atoms with Crippen LogP contribution in [0.15, 0.2) is 0 Å². The van der Waals surface area contributed by atoms with Crippen LogP contribution in [0.5, 0.6) is 0 Å². The molecular formula is C4H6Ce2O8Zr. The maximum absolute atomic E-state index is 8.89. The van der Waals surface area contributed by atoms with Crippen molar-refractivity contribution in [3.63, 3.8) is 0 Å². The molecule has 2 radical (unpaired) electrons. The van der Waals surface area contributed by atoms with E-state index in [-0.39, 0.29) is 99.9 Å². The first-order chi connectivity index (χ1) is 4.46. The summed E-state index contributed by atoms with van der Waals surface area (Å²) < 4.78 is 8.34. The van der Waals surface area contributed by atoms with Crippen molar-refractivity contribution < 1.29 is 147 Å². The topological polar surface area (TPSA) is 183 Å². The Hall–Kier alpha value is 2.26. The molecule has 0 aromatic heterocycles. The number of hydrogen-bond donors (Lipinski definition) is 0. The molecule has 0 spiro atoms. The zero-order chi connectivity index (χ0) is 9.15. The summed E-state index contributed by atoms with van der Waals surface area (Å²) in [4.78, 5) is 17.8. The van der Waals surface area contributed by atoms with E-state index in [1.54, 1.807) is 0 Å². The molecule has 0 aliphatic heterocycles. The third-order valence-corrected chi connectivity index (χ3v) is 0. The van der Waals surface area contributed by atoms with E-state index in [9.17, 15) is 0 Å². The molecule has 0 fully saturated rings. The summed E-state index contributed by atoms with van der Waals surface area (Å²) in [5.74, 6) is -2.17. The van der Waals surface area contributed by atoms with Crippen molar-refractivity contribution in [2.75, 3.05) is 0 Å². The van der Waals surface area contributed by atoms with E-state index >= 15 is 0 Å². The van der Waals surface area contributed by atoms with Gasteiger partial charge in [-0.25, -0.2) is 0 Å². The molecule has 8 nitrogen and oxygen atoms in total. The standard InChI is InChI=1S/2C2H4O2.2Ce.4O.Zr/c2*1-2(3)4;;;;;;;/h2*1H3,(H,3,4);;;;;;;/q;;2*+3;;3*-2;+2/p-2. The molecule has 0 aliphatic rings. The van der Waals surface area contributed by atoms with Gasteiger partial charge in [-0.05, 0) is 13.8 Å². The van der Waals surface area contributed by atoms with Gasteiger partial charge in [0.1, 0.15) is 0 Å². The quantitative estimate of drug-likeness (QED) is 0.310. The molecule has 0 saturated carbocycles. The Labute approximate surface area is 170 Å². The van der Waals surface area contributed by atoms with Gasteiger partial charge in [0.05, 0.1) is 0 Å². The number of carboxylic acid groups (broad SMARTS) is 2. The molecule has 0 atom stereocenters. The molecule has 0 N–H and O–H groups in total. The van der Waals surface area contributed by atoms with E-state index in [1.165, 1.54) is 0 Å². The fourth-order valence-corrected chi connectivity index (χ4v) is 0. The second kappa shape index (κ2) is 55.5. The van der Waals surface area contributed by atoms with Crippen LogP contribution in [0.3, 0.4) is 0 Å². The number of hydrogen-bond acceptors (Lipinski definition) is 5. The van der Waals surface area contributed by atoms with Gasteiger partial charge in [0.15, 0.2) is 0 Å². The minimum atomic E-state index is -1.08. The maximum atomic E-state index is 8.89. The van der Waals surface area contributed by atoms with Crippen molar-refractivity contribution in [2.45, 2.75) is 13.8 Å². The summed E-state index contributed by atoms with van der Waals surface area (Å²) in [7, 11) is 0. The Morgan fingerprint density at radius 1 is 0.800 bits per heavy atom. The molecule has 82 valence electrons. The Morgan fingerprint density at radius 2 is 0.800 bits per heavy atom. The van der Waals surface area contributed by atoms with Crippen LogP contribution in [0.4, 0.5) is 0 Å². The summed E-state index contributed by atoms with van der Waals surface area (Å²) in [6.07, 6.45) is 0. The second-order valence-electron chi connectivity index (χ2n) is 0.983. The molecular weight excluding hydrogens is 547 g/mol. The van der Waals surface area contributed by atoms with Gasteiger partial charge in [-0.2, -0.15) is 0 Å². The molecule has 0 amide bonds. The van der Waals surface area contributed by atoms with Crippen molar-refractivity contribution in [2.24, 2.45) is 0 Å². The molecule has 0 saturated heterocycles. The fourth-order valence-electron chi connectivity index (χ4n) is 0. The first-order valence-electron chi connectivity index (χ1n) is 2.02. The molecule has 0 aliphatic carbocycles. The normalized spacial score (nSPS) is 3.73. The second-order valence-corrected chi connectivity index (χ2v) is 0.983. The number of carboxylic acids is 2. The zero-order valence-corrected chi connectivity index (χ0v) is 16.5. The number of carbonyl (C=O) groups excluding carboxylic acids is 2. The van der Waals surface area contributed by atoms with Crippen molar-refractivity contribution >= 4 is 11.9 Å². The summed E-state index contributed by atoms with van der Waals surface area (Å²) in [6.45, 7) is 1.94. The van der Waals surface area contributed by atoms with Crippen LogP contribution in [0, 0.1) is 83.5 Å². The van der Waals surface area contributed by atoms with Gasteiger partial charge >= 0.3 is 111 Å². The first kappa shape index (κ1) is 53.2. The van der Waals surface area contributed by atoms with Crippen LogP contribution < -0.4 is 10.2 Å². The molecule has 15 heavy (non-hydrogen) atoms. The first-order valence-corrected chi connectivity index (χ1v) is 3.02. The van der Waals surface area contributed by atoms with Crippen molar-refractivity contribution in [1.29, 1.82) is 0 Å². The third-order valence-electron chi connectivity index (χ3n) is 0. The van der Waals surface area contributed by atoms with Crippen molar-refractivity contribution in [3.05, 3.63) is 0 Å². The summed E-state index contributed by atoms with van der Waals surface area (Å²) in [5, 5.41) is 17.8. The van der Waals surface area contributed by atoms with Crippen molar-refractivity contribution in [1.82, 2.24) is 0 Å². The molecule has 0 heterocycles. The SMILES string of the molecule is CC(=O)[O-].CC(=O)[O-].[Ce+3].[Ce+3].[O-2].[O-2].[O-2].[O]=[Zr+2]. The van der Waals surface area contributed by atoms with Gasteiger partial charge in [-0.3, -0.25) is 0 Å². The van der Waals surface area contributed by atoms with Gasteiger partial charge in [0, 0.05) is 11.9 Å². The number of carbonyl (C=O) groups is 2. The van der Waals surface area contributed by atoms with Crippen LogP contribution in [0.1, 0.15) is 13.8 Å². The molecule has 0 rings (SSSR count). The average molecular weight is 554 g/mol. The third kappa shape index (κ3) is 649. The summed E-state index contributed by atoms with van der Waals surface area (Å²) >= 11 is 0.300. The van der Waals surface area contributed by atoms with Gasteiger partial charge in [-0.15, -0.1) is 0 Å². The van der Waals surface area contributed by atoms with E-state index < -0.39 is 11.9 Å². The predicted octanol–water partition coefficient (Wildman–Crippen LogP) is -2.97. The molecule has 0 unspecified atom stereocenters. The van der Waals surface area contributed by atoms with Gasteiger partial charge < -0.3 is 36.2 Å². The summed E-state index contributed by atoms with van der Waals surface area (Å²) in [5.41, 5.74) is 0. The predicted molar refractivity (Wildman–Crippen MR) is 24.1 cm³/mol. The van der Waals surface area contributed by atoms with Gasteiger partial charge in [0.25, 0.3) is 0 Å². The number of rotatable bonds is 0. The Kier molecular flexibility index (Phi) is 197. The number of aliphatic carboxylic acids is 2. The van der Waals surface area contributed by atoms with Crippen LogP contribution in [0.25, 0.3) is 0 Å². The zero-order valence-electron chi connectivity index (χ0n) is 7.77. The molecule has 11 heteroatoms. The van der Waals surface area contributed by atoms with Crippen LogP contribution in [0.2, 0.25) is 0 Å². The monoisotopic (exact) mass is 552 g/mol. The molecule has 0 aromatic rings. The molecule has 0 aromatic carbocycles. The van der Waals surface area contributed by atoms with Crippen LogP contribution in [-0.2, 0) is 53.6 Å². The Morgan fingerprint density at radius 3 is 0.800 bits per heavy atom. The van der Waals surface area contributed by atoms with Crippen molar-refractivity contribution in [3.8, 4) is 0 Å².